The maximum absolute atomic E-state index is 14.7. The molecular formula is C53H70ClFN10O6S2. The molecule has 1 aliphatic carbocycles. The van der Waals surface area contributed by atoms with Crippen LogP contribution in [0.3, 0.4) is 0 Å². The van der Waals surface area contributed by atoms with Gasteiger partial charge in [0.15, 0.2) is 5.67 Å². The van der Waals surface area contributed by atoms with Crippen molar-refractivity contribution in [1.29, 1.82) is 0 Å². The Balaban J connectivity index is 0.801. The smallest absolute Gasteiger partial charge is 0.258 e. The highest BCUT2D eigenvalue weighted by Gasteiger charge is 2.53. The van der Waals surface area contributed by atoms with Crippen molar-refractivity contribution in [3.05, 3.63) is 70.6 Å². The SMILES string of the molecule is Cc1ncsc1-c1ccc(CNC(=O)C2CC(O)CN2C(=O)[C@@H](NC(=O)C2(F)CC2)C(C)(C)C)c(OCCN2CCC(CCC(=O)Nc3cccc(Sc4cnc(N5CCC(C)(CN)CC5)cn4)c3Cl)CC2)c1. The van der Waals surface area contributed by atoms with E-state index in [1.807, 2.05) is 43.3 Å². The first kappa shape index (κ1) is 54.3. The summed E-state index contributed by atoms with van der Waals surface area (Å²) in [6.07, 6.45) is 7.98. The predicted molar refractivity (Wildman–Crippen MR) is 283 cm³/mol. The van der Waals surface area contributed by atoms with Crippen molar-refractivity contribution in [2.24, 2.45) is 22.5 Å². The minimum atomic E-state index is -1.97. The van der Waals surface area contributed by atoms with Crippen molar-refractivity contribution in [3.63, 3.8) is 0 Å². The number of carbonyl (C=O) groups is 4. The lowest BCUT2D eigenvalue weighted by Crippen LogP contribution is -2.59. The number of hydrogen-bond donors (Lipinski definition) is 5. The number of piperidine rings is 2. The molecule has 0 bridgehead atoms. The Hall–Kier alpha value is -4.92. The van der Waals surface area contributed by atoms with Crippen LogP contribution >= 0.6 is 34.7 Å². The zero-order valence-corrected chi connectivity index (χ0v) is 44.9. The second-order valence-corrected chi connectivity index (χ2v) is 23.9. The van der Waals surface area contributed by atoms with E-state index in [2.05, 4.69) is 47.6 Å². The Morgan fingerprint density at radius 1 is 1.04 bits per heavy atom. The Bertz CT molecular complexity index is 2600. The number of hydrogen-bond acceptors (Lipinski definition) is 14. The minimum Gasteiger partial charge on any atom is -0.492 e. The maximum atomic E-state index is 14.7. The van der Waals surface area contributed by atoms with E-state index in [9.17, 15) is 28.7 Å². The lowest BCUT2D eigenvalue weighted by Gasteiger charge is -2.39. The molecule has 4 fully saturated rings. The predicted octanol–water partition coefficient (Wildman–Crippen LogP) is 7.40. The van der Waals surface area contributed by atoms with Gasteiger partial charge in [0.2, 0.25) is 17.7 Å². The summed E-state index contributed by atoms with van der Waals surface area (Å²) in [5.74, 6) is -0.0312. The number of rotatable bonds is 19. The summed E-state index contributed by atoms with van der Waals surface area (Å²) < 4.78 is 21.2. The molecule has 2 aromatic carbocycles. The number of halogens is 2. The maximum Gasteiger partial charge on any atom is 0.258 e. The van der Waals surface area contributed by atoms with E-state index < -0.39 is 47.0 Å². The number of likely N-dealkylation sites (tertiary alicyclic amines) is 2. The van der Waals surface area contributed by atoms with Crippen LogP contribution in [0, 0.1) is 23.7 Å². The van der Waals surface area contributed by atoms with E-state index in [-0.39, 0.29) is 43.7 Å². The number of nitrogens with zero attached hydrogens (tertiary/aromatic N) is 6. The number of nitrogens with one attached hydrogen (secondary N) is 3. The number of aliphatic hydroxyl groups is 1. The molecule has 0 spiro atoms. The number of nitrogens with two attached hydrogens (primary N) is 1. The van der Waals surface area contributed by atoms with Crippen LogP contribution in [0.5, 0.6) is 5.75 Å². The van der Waals surface area contributed by atoms with Gasteiger partial charge >= 0.3 is 0 Å². The summed E-state index contributed by atoms with van der Waals surface area (Å²) in [6, 6.07) is 9.37. The van der Waals surface area contributed by atoms with Gasteiger partial charge in [-0.05, 0) is 112 Å². The fourth-order valence-electron chi connectivity index (χ4n) is 9.71. The van der Waals surface area contributed by atoms with Crippen LogP contribution in [0.25, 0.3) is 10.4 Å². The largest absolute Gasteiger partial charge is 0.492 e. The van der Waals surface area contributed by atoms with Gasteiger partial charge in [-0.15, -0.1) is 11.3 Å². The molecule has 4 amide bonds. The van der Waals surface area contributed by atoms with Gasteiger partial charge < -0.3 is 41.3 Å². The molecule has 3 saturated heterocycles. The first-order valence-electron chi connectivity index (χ1n) is 25.5. The highest BCUT2D eigenvalue weighted by Crippen LogP contribution is 2.41. The van der Waals surface area contributed by atoms with Crippen LogP contribution < -0.4 is 31.3 Å². The molecule has 3 aliphatic heterocycles. The average Bonchev–Trinajstić information content (AvgIpc) is 3.78. The number of carbonyl (C=O) groups excluding carboxylic acids is 4. The summed E-state index contributed by atoms with van der Waals surface area (Å²) >= 11 is 9.77. The van der Waals surface area contributed by atoms with Gasteiger partial charge in [-0.2, -0.15) is 0 Å². The molecule has 5 heterocycles. The highest BCUT2D eigenvalue weighted by atomic mass is 35.5. The van der Waals surface area contributed by atoms with Crippen molar-refractivity contribution in [2.75, 3.05) is 62.6 Å². The monoisotopic (exact) mass is 1060 g/mol. The number of aliphatic hydroxyl groups excluding tert-OH is 1. The number of benzene rings is 2. The van der Waals surface area contributed by atoms with Gasteiger partial charge in [-0.25, -0.2) is 19.3 Å². The third-order valence-electron chi connectivity index (χ3n) is 14.9. The molecule has 3 atom stereocenters. The number of ether oxygens (including phenoxy) is 1. The Morgan fingerprint density at radius 2 is 1.79 bits per heavy atom. The number of anilines is 2. The number of aryl methyl sites for hydroxylation is 1. The zero-order chi connectivity index (χ0) is 52.1. The second kappa shape index (κ2) is 23.3. The summed E-state index contributed by atoms with van der Waals surface area (Å²) in [5, 5.41) is 20.5. The van der Waals surface area contributed by atoms with Crippen molar-refractivity contribution < 1.29 is 33.4 Å². The molecule has 2 aromatic heterocycles. The summed E-state index contributed by atoms with van der Waals surface area (Å²) in [4.78, 5) is 75.3. The molecule has 73 heavy (non-hydrogen) atoms. The van der Waals surface area contributed by atoms with Gasteiger partial charge in [-0.1, -0.05) is 69.3 Å². The summed E-state index contributed by atoms with van der Waals surface area (Å²) in [6.45, 7) is 14.8. The molecule has 6 N–H and O–H groups in total. The molecule has 4 aliphatic rings. The van der Waals surface area contributed by atoms with Crippen LogP contribution in [0.15, 0.2) is 64.2 Å². The van der Waals surface area contributed by atoms with Crippen LogP contribution in [-0.2, 0) is 25.7 Å². The molecule has 1 saturated carbocycles. The van der Waals surface area contributed by atoms with Gasteiger partial charge in [0.25, 0.3) is 5.91 Å². The third-order valence-corrected chi connectivity index (χ3v) is 17.4. The third kappa shape index (κ3) is 13.7. The van der Waals surface area contributed by atoms with E-state index in [1.165, 1.54) is 28.0 Å². The summed E-state index contributed by atoms with van der Waals surface area (Å²) in [5.41, 5.74) is 8.35. The van der Waals surface area contributed by atoms with Crippen LogP contribution in [0.2, 0.25) is 5.02 Å². The van der Waals surface area contributed by atoms with Gasteiger partial charge in [0.05, 0.1) is 45.3 Å². The van der Waals surface area contributed by atoms with Crippen molar-refractivity contribution in [1.82, 2.24) is 35.4 Å². The average molecular weight is 1060 g/mol. The number of amides is 4. The van der Waals surface area contributed by atoms with Gasteiger partial charge in [0, 0.05) is 56.0 Å². The minimum absolute atomic E-state index is 0.0260. The number of aromatic nitrogens is 3. The number of alkyl halides is 1. The van der Waals surface area contributed by atoms with Crippen LogP contribution in [0.4, 0.5) is 15.9 Å². The Morgan fingerprint density at radius 3 is 2.45 bits per heavy atom. The van der Waals surface area contributed by atoms with E-state index in [4.69, 9.17) is 22.1 Å². The van der Waals surface area contributed by atoms with Gasteiger partial charge in [0.1, 0.15) is 35.3 Å². The Kier molecular flexibility index (Phi) is 17.4. The van der Waals surface area contributed by atoms with Crippen molar-refractivity contribution in [3.8, 4) is 16.2 Å². The van der Waals surface area contributed by atoms with E-state index in [0.29, 0.717) is 53.5 Å². The standard InChI is InChI=1S/C53H70ClFN10O6S2/c1-33-46(72-32-60-33)35-10-11-36(27-59-48(68)39-26-37(66)30-65(39)49(69)47(51(2,3)4)62-50(70)53(55)15-16-53)40(25-35)71-24-23-63-19-13-34(14-20-63)9-12-43(67)61-38-7-6-8-41(45(38)54)73-44-29-57-42(28-58-44)64-21-17-52(5,31-56)18-22-64/h6-8,10-11,25,28-29,32,34,37,39,47,66H,9,12-24,26-27,30-31,56H2,1-5H3,(H,59,68)(H,61,67)(H,62,70)/t37?,39?,47-/m1/s1. The fraction of sp³-hybridized carbons (Fsp3) is 0.566. The summed E-state index contributed by atoms with van der Waals surface area (Å²) in [7, 11) is 0. The lowest BCUT2D eigenvalue weighted by molar-refractivity contribution is -0.145. The first-order valence-corrected chi connectivity index (χ1v) is 27.6. The second-order valence-electron chi connectivity index (χ2n) is 21.6. The van der Waals surface area contributed by atoms with Gasteiger partial charge in [-0.3, -0.25) is 24.1 Å². The van der Waals surface area contributed by atoms with Crippen molar-refractivity contribution >= 4 is 69.8 Å². The quantitative estimate of drug-likeness (QED) is 0.0621. The molecule has 4 aromatic rings. The lowest BCUT2D eigenvalue weighted by atomic mass is 9.80. The molecule has 0 radical (unpaired) electrons. The molecule has 2 unspecified atom stereocenters. The molecule has 8 rings (SSSR count). The van der Waals surface area contributed by atoms with Crippen molar-refractivity contribution in [2.45, 2.75) is 133 Å². The van der Waals surface area contributed by atoms with E-state index in [1.54, 1.807) is 38.7 Å². The normalized spacial score (nSPS) is 20.3. The van der Waals surface area contributed by atoms with E-state index in [0.717, 1.165) is 90.7 Å². The topological polar surface area (TPSA) is 208 Å². The van der Waals surface area contributed by atoms with Crippen LogP contribution in [0.1, 0.15) is 96.7 Å². The van der Waals surface area contributed by atoms with Crippen LogP contribution in [-0.4, -0.2) is 130 Å². The highest BCUT2D eigenvalue weighted by molar-refractivity contribution is 7.99. The molecule has 20 heteroatoms. The molecular weight excluding hydrogens is 991 g/mol. The molecule has 16 nitrogen and oxygen atoms in total. The zero-order valence-electron chi connectivity index (χ0n) is 42.6. The number of thiazole rings is 1. The Labute approximate surface area is 441 Å². The molecule has 394 valence electrons. The number of β-amino-alcohol motifs (C(OH)–C–C–N with tert-alkyl or cyclic N) is 1. The first-order chi connectivity index (χ1) is 34.8. The van der Waals surface area contributed by atoms with E-state index >= 15 is 0 Å². The fourth-order valence-corrected chi connectivity index (χ4v) is 11.6.